The highest BCUT2D eigenvalue weighted by molar-refractivity contribution is 5.71. The summed E-state index contributed by atoms with van der Waals surface area (Å²) >= 11 is 0. The summed E-state index contributed by atoms with van der Waals surface area (Å²) in [6.07, 6.45) is 0. The molecule has 106 valence electrons. The highest BCUT2D eigenvalue weighted by Gasteiger charge is 2.16. The van der Waals surface area contributed by atoms with E-state index in [0.717, 1.165) is 16.7 Å². The summed E-state index contributed by atoms with van der Waals surface area (Å²) in [6.45, 7) is 9.14. The Morgan fingerprint density at radius 1 is 1.21 bits per heavy atom. The van der Waals surface area contributed by atoms with Crippen LogP contribution in [0.3, 0.4) is 0 Å². The number of carbonyl (C=O) groups excluding carboxylic acids is 1. The van der Waals surface area contributed by atoms with Crippen LogP contribution in [0, 0.1) is 13.8 Å². The number of hydrogen-bond acceptors (Lipinski definition) is 4. The lowest BCUT2D eigenvalue weighted by Crippen LogP contribution is -2.27. The van der Waals surface area contributed by atoms with Crippen LogP contribution < -0.4 is 4.74 Å². The third-order valence-corrected chi connectivity index (χ3v) is 2.60. The molecular formula is C15H22O4. The van der Waals surface area contributed by atoms with Gasteiger partial charge in [-0.1, -0.05) is 0 Å². The summed E-state index contributed by atoms with van der Waals surface area (Å²) in [5.74, 6) is 0.215. The Labute approximate surface area is 114 Å². The van der Waals surface area contributed by atoms with Crippen molar-refractivity contribution in [1.82, 2.24) is 0 Å². The molecule has 0 unspecified atom stereocenters. The van der Waals surface area contributed by atoms with Gasteiger partial charge in [0.15, 0.2) is 6.61 Å². The number of aliphatic hydroxyl groups is 1. The lowest BCUT2D eigenvalue weighted by Gasteiger charge is -2.19. The maximum atomic E-state index is 11.5. The first kappa shape index (κ1) is 15.5. The molecule has 0 saturated carbocycles. The highest BCUT2D eigenvalue weighted by Crippen LogP contribution is 2.22. The molecule has 0 bridgehead atoms. The average molecular weight is 266 g/mol. The lowest BCUT2D eigenvalue weighted by atomic mass is 10.0. The summed E-state index contributed by atoms with van der Waals surface area (Å²) in [5, 5.41) is 9.22. The van der Waals surface area contributed by atoms with Crippen molar-refractivity contribution < 1.29 is 19.4 Å². The largest absolute Gasteiger partial charge is 0.482 e. The topological polar surface area (TPSA) is 55.8 Å². The number of aliphatic hydroxyl groups excluding tert-OH is 1. The quantitative estimate of drug-likeness (QED) is 0.851. The molecule has 0 aliphatic rings. The maximum Gasteiger partial charge on any atom is 0.344 e. The highest BCUT2D eigenvalue weighted by atomic mass is 16.6. The van der Waals surface area contributed by atoms with Gasteiger partial charge in [-0.15, -0.1) is 0 Å². The first-order valence-electron chi connectivity index (χ1n) is 6.28. The van der Waals surface area contributed by atoms with Crippen molar-refractivity contribution in [3.05, 3.63) is 28.8 Å². The summed E-state index contributed by atoms with van der Waals surface area (Å²) in [6, 6.07) is 3.62. The first-order chi connectivity index (χ1) is 8.73. The van der Waals surface area contributed by atoms with Gasteiger partial charge in [0.25, 0.3) is 0 Å². The Balaban J connectivity index is 2.67. The van der Waals surface area contributed by atoms with Gasteiger partial charge in [-0.3, -0.25) is 0 Å². The number of aryl methyl sites for hydroxylation is 2. The van der Waals surface area contributed by atoms with Crippen LogP contribution >= 0.6 is 0 Å². The van der Waals surface area contributed by atoms with Crippen molar-refractivity contribution in [3.8, 4) is 5.75 Å². The fourth-order valence-corrected chi connectivity index (χ4v) is 1.80. The molecule has 0 radical (unpaired) electrons. The number of hydrogen-bond donors (Lipinski definition) is 1. The van der Waals surface area contributed by atoms with E-state index in [9.17, 15) is 9.90 Å². The van der Waals surface area contributed by atoms with Gasteiger partial charge >= 0.3 is 5.97 Å². The summed E-state index contributed by atoms with van der Waals surface area (Å²) in [7, 11) is 0. The predicted molar refractivity (Wildman–Crippen MR) is 73.2 cm³/mol. The molecule has 0 amide bonds. The minimum absolute atomic E-state index is 0.00398. The Bertz CT molecular complexity index is 435. The normalized spacial score (nSPS) is 11.3. The molecule has 4 heteroatoms. The Hall–Kier alpha value is -1.55. The number of carbonyl (C=O) groups is 1. The molecule has 0 spiro atoms. The third kappa shape index (κ3) is 4.91. The van der Waals surface area contributed by atoms with Gasteiger partial charge in [0.2, 0.25) is 0 Å². The summed E-state index contributed by atoms with van der Waals surface area (Å²) in [5.41, 5.74) is 2.28. The van der Waals surface area contributed by atoms with Gasteiger partial charge in [-0.05, 0) is 63.4 Å². The van der Waals surface area contributed by atoms with Crippen LogP contribution in [0.4, 0.5) is 0 Å². The zero-order chi connectivity index (χ0) is 14.6. The second kappa shape index (κ2) is 6.06. The van der Waals surface area contributed by atoms with Crippen molar-refractivity contribution in [1.29, 1.82) is 0 Å². The molecule has 0 saturated heterocycles. The smallest absolute Gasteiger partial charge is 0.344 e. The minimum atomic E-state index is -0.507. The molecule has 1 aromatic rings. The molecule has 0 atom stereocenters. The van der Waals surface area contributed by atoms with E-state index < -0.39 is 11.6 Å². The number of esters is 1. The van der Waals surface area contributed by atoms with Crippen LogP contribution in [0.15, 0.2) is 12.1 Å². The average Bonchev–Trinajstić information content (AvgIpc) is 2.23. The van der Waals surface area contributed by atoms with E-state index in [1.54, 1.807) is 0 Å². The lowest BCUT2D eigenvalue weighted by molar-refractivity contribution is -0.157. The standard InChI is InChI=1S/C15H22O4/c1-10-6-12(7-11(2)13(10)8-16)18-9-14(17)19-15(3,4)5/h6-7,16H,8-9H2,1-5H3. The van der Waals surface area contributed by atoms with Crippen molar-refractivity contribution >= 4 is 5.97 Å². The maximum absolute atomic E-state index is 11.5. The second-order valence-corrected chi connectivity index (χ2v) is 5.57. The van der Waals surface area contributed by atoms with Crippen molar-refractivity contribution in [2.24, 2.45) is 0 Å². The van der Waals surface area contributed by atoms with E-state index in [-0.39, 0.29) is 13.2 Å². The van der Waals surface area contributed by atoms with Gasteiger partial charge in [0.1, 0.15) is 11.4 Å². The molecule has 4 nitrogen and oxygen atoms in total. The van der Waals surface area contributed by atoms with E-state index in [2.05, 4.69) is 0 Å². The van der Waals surface area contributed by atoms with E-state index in [1.807, 2.05) is 46.8 Å². The van der Waals surface area contributed by atoms with Crippen LogP contribution in [0.25, 0.3) is 0 Å². The number of benzene rings is 1. The zero-order valence-electron chi connectivity index (χ0n) is 12.2. The summed E-state index contributed by atoms with van der Waals surface area (Å²) < 4.78 is 10.6. The molecule has 0 aliphatic carbocycles. The number of rotatable bonds is 4. The Morgan fingerprint density at radius 3 is 2.16 bits per heavy atom. The van der Waals surface area contributed by atoms with Crippen LogP contribution in [0.2, 0.25) is 0 Å². The van der Waals surface area contributed by atoms with Gasteiger partial charge in [-0.25, -0.2) is 4.79 Å². The van der Waals surface area contributed by atoms with E-state index in [1.165, 1.54) is 0 Å². The van der Waals surface area contributed by atoms with Crippen LogP contribution in [-0.2, 0) is 16.1 Å². The van der Waals surface area contributed by atoms with Crippen molar-refractivity contribution in [2.45, 2.75) is 46.8 Å². The molecule has 1 aromatic carbocycles. The van der Waals surface area contributed by atoms with Crippen LogP contribution in [0.1, 0.15) is 37.5 Å². The van der Waals surface area contributed by atoms with Gasteiger partial charge in [-0.2, -0.15) is 0 Å². The van der Waals surface area contributed by atoms with E-state index in [4.69, 9.17) is 9.47 Å². The molecule has 0 fully saturated rings. The molecule has 1 rings (SSSR count). The second-order valence-electron chi connectivity index (χ2n) is 5.57. The predicted octanol–water partition coefficient (Wildman–Crippen LogP) is 2.52. The number of ether oxygens (including phenoxy) is 2. The van der Waals surface area contributed by atoms with E-state index in [0.29, 0.717) is 5.75 Å². The molecule has 19 heavy (non-hydrogen) atoms. The van der Waals surface area contributed by atoms with Crippen molar-refractivity contribution in [2.75, 3.05) is 6.61 Å². The van der Waals surface area contributed by atoms with Gasteiger partial charge < -0.3 is 14.6 Å². The van der Waals surface area contributed by atoms with E-state index >= 15 is 0 Å². The van der Waals surface area contributed by atoms with Crippen LogP contribution in [-0.4, -0.2) is 23.3 Å². The fourth-order valence-electron chi connectivity index (χ4n) is 1.80. The molecule has 0 aliphatic heterocycles. The minimum Gasteiger partial charge on any atom is -0.482 e. The molecular weight excluding hydrogens is 244 g/mol. The Kier molecular flexibility index (Phi) is 4.95. The van der Waals surface area contributed by atoms with Crippen molar-refractivity contribution in [3.63, 3.8) is 0 Å². The summed E-state index contributed by atoms with van der Waals surface area (Å²) in [4.78, 5) is 11.5. The SMILES string of the molecule is Cc1cc(OCC(=O)OC(C)(C)C)cc(C)c1CO. The third-order valence-electron chi connectivity index (χ3n) is 2.60. The first-order valence-corrected chi connectivity index (χ1v) is 6.28. The fraction of sp³-hybridized carbons (Fsp3) is 0.533. The van der Waals surface area contributed by atoms with Gasteiger partial charge in [0.05, 0.1) is 6.61 Å². The zero-order valence-corrected chi connectivity index (χ0v) is 12.2. The molecule has 0 aromatic heterocycles. The van der Waals surface area contributed by atoms with Crippen LogP contribution in [0.5, 0.6) is 5.75 Å². The monoisotopic (exact) mass is 266 g/mol. The Morgan fingerprint density at radius 2 is 1.74 bits per heavy atom. The molecule has 1 N–H and O–H groups in total. The molecule has 0 heterocycles. The van der Waals surface area contributed by atoms with Gasteiger partial charge in [0, 0.05) is 0 Å².